The molecule has 0 aliphatic rings. The number of para-hydroxylation sites is 1. The number of hydrogen-bond donors (Lipinski definition) is 1. The Kier molecular flexibility index (Phi) is 5.60. The van der Waals surface area contributed by atoms with Crippen molar-refractivity contribution in [1.82, 2.24) is 10.2 Å². The third kappa shape index (κ3) is 4.58. The lowest BCUT2D eigenvalue weighted by atomic mass is 10.1. The molecule has 134 valence electrons. The Balaban J connectivity index is 1.59. The van der Waals surface area contributed by atoms with Crippen LogP contribution in [0.1, 0.15) is 5.56 Å². The van der Waals surface area contributed by atoms with Crippen LogP contribution in [0.4, 0.5) is 5.69 Å². The van der Waals surface area contributed by atoms with E-state index < -0.39 is 0 Å². The molecule has 0 atom stereocenters. The number of rotatable bonds is 6. The highest BCUT2D eigenvalue weighted by atomic mass is 16.5. The van der Waals surface area contributed by atoms with E-state index in [9.17, 15) is 4.79 Å². The minimum Gasteiger partial charge on any atom is -0.482 e. The fourth-order valence-corrected chi connectivity index (χ4v) is 2.33. The molecule has 0 aliphatic heterocycles. The highest BCUT2D eigenvalue weighted by molar-refractivity contribution is 5.92. The van der Waals surface area contributed by atoms with Gasteiger partial charge in [-0.15, -0.1) is 10.2 Å². The molecule has 7 nitrogen and oxygen atoms in total. The Morgan fingerprint density at radius 3 is 2.52 bits per heavy atom. The first-order valence-corrected chi connectivity index (χ1v) is 8.09. The number of aromatic nitrogens is 2. The Labute approximate surface area is 156 Å². The smallest absolute Gasteiger partial charge is 0.262 e. The fourth-order valence-electron chi connectivity index (χ4n) is 2.33. The van der Waals surface area contributed by atoms with Crippen molar-refractivity contribution in [3.05, 3.63) is 66.2 Å². The molecule has 27 heavy (non-hydrogen) atoms. The van der Waals surface area contributed by atoms with Crippen LogP contribution < -0.4 is 14.8 Å². The zero-order valence-electron chi connectivity index (χ0n) is 14.5. The fraction of sp³-hybridized carbons (Fsp3) is 0.100. The Morgan fingerprint density at radius 1 is 1.07 bits per heavy atom. The summed E-state index contributed by atoms with van der Waals surface area (Å²) < 4.78 is 10.4. The monoisotopic (exact) mass is 360 g/mol. The van der Waals surface area contributed by atoms with E-state index in [4.69, 9.17) is 14.7 Å². The molecule has 3 aromatic rings. The number of methoxy groups -OCH3 is 1. The largest absolute Gasteiger partial charge is 0.482 e. The summed E-state index contributed by atoms with van der Waals surface area (Å²) in [6, 6.07) is 19.5. The van der Waals surface area contributed by atoms with Gasteiger partial charge in [0.15, 0.2) is 6.61 Å². The molecule has 0 bridgehead atoms. The number of carbonyl (C=O) groups is 1. The van der Waals surface area contributed by atoms with Crippen LogP contribution in [0.15, 0.2) is 60.7 Å². The maximum Gasteiger partial charge on any atom is 0.262 e. The van der Waals surface area contributed by atoms with Crippen molar-refractivity contribution >= 4 is 11.6 Å². The summed E-state index contributed by atoms with van der Waals surface area (Å²) in [5.41, 5.74) is 2.57. The predicted octanol–water partition coefficient (Wildman–Crippen LogP) is 3.04. The molecule has 0 aliphatic carbocycles. The van der Waals surface area contributed by atoms with Gasteiger partial charge in [-0.2, -0.15) is 5.26 Å². The number of ether oxygens (including phenoxy) is 2. The van der Waals surface area contributed by atoms with Crippen LogP contribution in [0.3, 0.4) is 0 Å². The SMILES string of the molecule is COc1ccc(-c2ccc(NC(=O)COc3ccccc3C#N)cc2)nn1. The van der Waals surface area contributed by atoms with Crippen molar-refractivity contribution in [2.75, 3.05) is 19.0 Å². The topological polar surface area (TPSA) is 97.1 Å². The number of anilines is 1. The van der Waals surface area contributed by atoms with Gasteiger partial charge >= 0.3 is 0 Å². The normalized spacial score (nSPS) is 9.93. The molecule has 0 saturated heterocycles. The van der Waals surface area contributed by atoms with E-state index in [-0.39, 0.29) is 12.5 Å². The third-order valence-electron chi connectivity index (χ3n) is 3.68. The molecule has 7 heteroatoms. The summed E-state index contributed by atoms with van der Waals surface area (Å²) in [5, 5.41) is 19.8. The van der Waals surface area contributed by atoms with E-state index in [0.29, 0.717) is 28.6 Å². The maximum atomic E-state index is 12.1. The summed E-state index contributed by atoms with van der Waals surface area (Å²) >= 11 is 0. The van der Waals surface area contributed by atoms with E-state index in [1.807, 2.05) is 18.2 Å². The molecular weight excluding hydrogens is 344 g/mol. The molecule has 0 fully saturated rings. The summed E-state index contributed by atoms with van der Waals surface area (Å²) in [4.78, 5) is 12.1. The van der Waals surface area contributed by atoms with Crippen molar-refractivity contribution < 1.29 is 14.3 Å². The van der Waals surface area contributed by atoms with Crippen molar-refractivity contribution in [3.63, 3.8) is 0 Å². The molecule has 3 rings (SSSR count). The standard InChI is InChI=1S/C20H16N4O3/c1-26-20-11-10-17(23-24-20)14-6-8-16(9-7-14)22-19(25)13-27-18-5-3-2-4-15(18)12-21/h2-11H,13H2,1H3,(H,22,25). The quantitative estimate of drug-likeness (QED) is 0.726. The number of nitriles is 1. The third-order valence-corrected chi connectivity index (χ3v) is 3.68. The van der Waals surface area contributed by atoms with Gasteiger partial charge in [0.25, 0.3) is 5.91 Å². The van der Waals surface area contributed by atoms with Crippen LogP contribution in [-0.4, -0.2) is 29.8 Å². The highest BCUT2D eigenvalue weighted by Gasteiger charge is 2.07. The Bertz CT molecular complexity index is 964. The Morgan fingerprint density at radius 2 is 1.85 bits per heavy atom. The van der Waals surface area contributed by atoms with Gasteiger partial charge in [0.05, 0.1) is 18.4 Å². The summed E-state index contributed by atoms with van der Waals surface area (Å²) in [6.07, 6.45) is 0. The molecule has 2 aromatic carbocycles. The first kappa shape index (κ1) is 17.9. The first-order valence-electron chi connectivity index (χ1n) is 8.09. The van der Waals surface area contributed by atoms with Crippen LogP contribution in [0.5, 0.6) is 11.6 Å². The van der Waals surface area contributed by atoms with Gasteiger partial charge in [-0.25, -0.2) is 0 Å². The van der Waals surface area contributed by atoms with E-state index in [2.05, 4.69) is 15.5 Å². The summed E-state index contributed by atoms with van der Waals surface area (Å²) in [7, 11) is 1.53. The van der Waals surface area contributed by atoms with Gasteiger partial charge < -0.3 is 14.8 Å². The number of nitrogens with one attached hydrogen (secondary N) is 1. The molecule has 0 radical (unpaired) electrons. The average Bonchev–Trinajstić information content (AvgIpc) is 2.73. The number of amides is 1. The molecule has 0 unspecified atom stereocenters. The molecule has 0 spiro atoms. The summed E-state index contributed by atoms with van der Waals surface area (Å²) in [5.74, 6) is 0.504. The van der Waals surface area contributed by atoms with E-state index >= 15 is 0 Å². The molecule has 1 amide bonds. The van der Waals surface area contributed by atoms with E-state index in [1.54, 1.807) is 48.5 Å². The van der Waals surface area contributed by atoms with Gasteiger partial charge in [-0.05, 0) is 30.3 Å². The van der Waals surface area contributed by atoms with Crippen molar-refractivity contribution in [2.24, 2.45) is 0 Å². The van der Waals surface area contributed by atoms with Crippen LogP contribution in [0, 0.1) is 11.3 Å². The molecule has 1 heterocycles. The van der Waals surface area contributed by atoms with Gasteiger partial charge in [-0.1, -0.05) is 24.3 Å². The lowest BCUT2D eigenvalue weighted by Gasteiger charge is -2.09. The van der Waals surface area contributed by atoms with Crippen molar-refractivity contribution in [2.45, 2.75) is 0 Å². The lowest BCUT2D eigenvalue weighted by molar-refractivity contribution is -0.118. The first-order chi connectivity index (χ1) is 13.2. The van der Waals surface area contributed by atoms with Crippen LogP contribution >= 0.6 is 0 Å². The number of carbonyl (C=O) groups excluding carboxylic acids is 1. The zero-order chi connectivity index (χ0) is 19.1. The second-order valence-corrected chi connectivity index (χ2v) is 5.48. The highest BCUT2D eigenvalue weighted by Crippen LogP contribution is 2.20. The lowest BCUT2D eigenvalue weighted by Crippen LogP contribution is -2.20. The van der Waals surface area contributed by atoms with Gasteiger partial charge in [-0.3, -0.25) is 4.79 Å². The summed E-state index contributed by atoms with van der Waals surface area (Å²) in [6.45, 7) is -0.190. The number of hydrogen-bond acceptors (Lipinski definition) is 6. The Hall–Kier alpha value is -3.92. The van der Waals surface area contributed by atoms with E-state index in [0.717, 1.165) is 5.56 Å². The van der Waals surface area contributed by atoms with Gasteiger partial charge in [0, 0.05) is 17.3 Å². The van der Waals surface area contributed by atoms with Crippen molar-refractivity contribution in [1.29, 1.82) is 5.26 Å². The van der Waals surface area contributed by atoms with Gasteiger partial charge in [0.1, 0.15) is 11.8 Å². The van der Waals surface area contributed by atoms with Gasteiger partial charge in [0.2, 0.25) is 5.88 Å². The predicted molar refractivity (Wildman–Crippen MR) is 99.3 cm³/mol. The molecule has 1 aromatic heterocycles. The van der Waals surface area contributed by atoms with Crippen LogP contribution in [0.25, 0.3) is 11.3 Å². The molecular formula is C20H16N4O3. The zero-order valence-corrected chi connectivity index (χ0v) is 14.5. The average molecular weight is 360 g/mol. The van der Waals surface area contributed by atoms with Crippen LogP contribution in [0.2, 0.25) is 0 Å². The minimum absolute atomic E-state index is 0.190. The minimum atomic E-state index is -0.320. The van der Waals surface area contributed by atoms with E-state index in [1.165, 1.54) is 7.11 Å². The van der Waals surface area contributed by atoms with Crippen LogP contribution in [-0.2, 0) is 4.79 Å². The molecule has 1 N–H and O–H groups in total. The van der Waals surface area contributed by atoms with Crippen molar-refractivity contribution in [3.8, 4) is 29.0 Å². The molecule has 0 saturated carbocycles. The second kappa shape index (κ2) is 8.45. The number of nitrogens with zero attached hydrogens (tertiary/aromatic N) is 3. The maximum absolute atomic E-state index is 12.1. The number of benzene rings is 2. The second-order valence-electron chi connectivity index (χ2n) is 5.48.